The van der Waals surface area contributed by atoms with Crippen molar-refractivity contribution in [3.05, 3.63) is 35.3 Å². The molecule has 4 aromatic rings. The number of aromatic nitrogens is 4. The molecule has 2 aliphatic rings. The Labute approximate surface area is 218 Å². The van der Waals surface area contributed by atoms with Crippen molar-refractivity contribution in [1.29, 1.82) is 0 Å². The number of aromatic amines is 1. The van der Waals surface area contributed by atoms with E-state index in [2.05, 4.69) is 15.1 Å². The van der Waals surface area contributed by atoms with Gasteiger partial charge in [-0.15, -0.1) is 11.3 Å². The summed E-state index contributed by atoms with van der Waals surface area (Å²) in [5, 5.41) is 8.16. The van der Waals surface area contributed by atoms with Crippen LogP contribution in [-0.2, 0) is 9.53 Å². The van der Waals surface area contributed by atoms with Crippen LogP contribution in [0.2, 0.25) is 0 Å². The number of hydrogen-bond acceptors (Lipinski definition) is 8. The minimum atomic E-state index is 0.0124. The molecule has 1 aromatic carbocycles. The van der Waals surface area contributed by atoms with Crippen LogP contribution in [0.1, 0.15) is 29.4 Å². The maximum atomic E-state index is 13.5. The van der Waals surface area contributed by atoms with E-state index in [0.29, 0.717) is 37.0 Å². The molecule has 0 unspecified atom stereocenters. The molecule has 0 saturated carbocycles. The van der Waals surface area contributed by atoms with Crippen LogP contribution in [-0.4, -0.2) is 94.3 Å². The van der Waals surface area contributed by atoms with Crippen molar-refractivity contribution in [2.75, 3.05) is 51.3 Å². The lowest BCUT2D eigenvalue weighted by atomic mass is 10.0. The molecule has 2 saturated heterocycles. The number of carbonyl (C=O) groups excluding carboxylic acids is 2. The van der Waals surface area contributed by atoms with Crippen LogP contribution in [0.3, 0.4) is 0 Å². The van der Waals surface area contributed by atoms with E-state index < -0.39 is 0 Å². The van der Waals surface area contributed by atoms with E-state index >= 15 is 0 Å². The maximum Gasteiger partial charge on any atom is 0.264 e. The van der Waals surface area contributed by atoms with Crippen molar-refractivity contribution in [3.8, 4) is 11.4 Å². The number of benzene rings is 1. The summed E-state index contributed by atoms with van der Waals surface area (Å²) >= 11 is 1.46. The van der Waals surface area contributed by atoms with Gasteiger partial charge in [0.05, 0.1) is 40.0 Å². The first-order chi connectivity index (χ1) is 18.0. The standard InChI is InChI=1S/C26H29N7O3S/c1-16(34)31(2)17-6-8-33(9-7-17)26(35)22-14-21-23(37-22)25(32-10-12-36-13-11-32)29-24(28-21)18-4-3-5-20-19(18)15-27-30-20/h3-5,14-15,17H,6-13H2,1-2H3,(H,27,30). The van der Waals surface area contributed by atoms with Crippen LogP contribution < -0.4 is 4.90 Å². The Morgan fingerprint density at radius 3 is 2.68 bits per heavy atom. The normalized spacial score (nSPS) is 17.0. The van der Waals surface area contributed by atoms with Gasteiger partial charge in [-0.25, -0.2) is 9.97 Å². The Kier molecular flexibility index (Phi) is 6.25. The van der Waals surface area contributed by atoms with Gasteiger partial charge in [-0.2, -0.15) is 5.10 Å². The Bertz CT molecular complexity index is 1470. The molecule has 11 heteroatoms. The van der Waals surface area contributed by atoms with Gasteiger partial charge < -0.3 is 19.4 Å². The minimum absolute atomic E-state index is 0.0124. The maximum absolute atomic E-state index is 13.5. The van der Waals surface area contributed by atoms with Gasteiger partial charge in [0.15, 0.2) is 11.6 Å². The summed E-state index contributed by atoms with van der Waals surface area (Å²) in [7, 11) is 1.84. The smallest absolute Gasteiger partial charge is 0.264 e. The highest BCUT2D eigenvalue weighted by Gasteiger charge is 2.29. The van der Waals surface area contributed by atoms with E-state index in [1.165, 1.54) is 11.3 Å². The summed E-state index contributed by atoms with van der Waals surface area (Å²) in [5.74, 6) is 1.53. The summed E-state index contributed by atoms with van der Waals surface area (Å²) in [5.41, 5.74) is 2.60. The number of piperidine rings is 1. The van der Waals surface area contributed by atoms with Gasteiger partial charge in [-0.3, -0.25) is 14.7 Å². The van der Waals surface area contributed by atoms with Gasteiger partial charge in [0.2, 0.25) is 5.91 Å². The van der Waals surface area contributed by atoms with Crippen molar-refractivity contribution < 1.29 is 14.3 Å². The van der Waals surface area contributed by atoms with Gasteiger partial charge in [-0.1, -0.05) is 12.1 Å². The third-order valence-corrected chi connectivity index (χ3v) is 8.51. The fourth-order valence-corrected chi connectivity index (χ4v) is 6.24. The quantitative estimate of drug-likeness (QED) is 0.441. The first-order valence-corrected chi connectivity index (χ1v) is 13.4. The molecule has 2 amide bonds. The highest BCUT2D eigenvalue weighted by molar-refractivity contribution is 7.21. The molecular weight excluding hydrogens is 490 g/mol. The first kappa shape index (κ1) is 23.8. The van der Waals surface area contributed by atoms with Crippen molar-refractivity contribution in [1.82, 2.24) is 30.0 Å². The summed E-state index contributed by atoms with van der Waals surface area (Å²) in [6.07, 6.45) is 3.36. The van der Waals surface area contributed by atoms with Gasteiger partial charge in [0.1, 0.15) is 0 Å². The monoisotopic (exact) mass is 519 g/mol. The molecule has 0 bridgehead atoms. The number of morpholine rings is 1. The summed E-state index contributed by atoms with van der Waals surface area (Å²) in [6, 6.07) is 8.03. The molecule has 6 rings (SSSR count). The Balaban J connectivity index is 1.36. The lowest BCUT2D eigenvalue weighted by Crippen LogP contribution is -2.46. The lowest BCUT2D eigenvalue weighted by Gasteiger charge is -2.36. The number of likely N-dealkylation sites (tertiary alicyclic amines) is 1. The van der Waals surface area contributed by atoms with Crippen molar-refractivity contribution in [2.24, 2.45) is 0 Å². The van der Waals surface area contributed by atoms with E-state index in [9.17, 15) is 9.59 Å². The van der Waals surface area contributed by atoms with Crippen LogP contribution in [0, 0.1) is 0 Å². The third-order valence-electron chi connectivity index (χ3n) is 7.40. The SMILES string of the molecule is CC(=O)N(C)C1CCN(C(=O)c2cc3nc(-c4cccc5[nH]ncc45)nc(N4CCOCC4)c3s2)CC1. The zero-order valence-electron chi connectivity index (χ0n) is 20.9. The van der Waals surface area contributed by atoms with E-state index in [4.69, 9.17) is 14.7 Å². The zero-order chi connectivity index (χ0) is 25.5. The molecule has 0 radical (unpaired) electrons. The number of H-pyrrole nitrogens is 1. The molecule has 10 nitrogen and oxygen atoms in total. The molecule has 0 atom stereocenters. The van der Waals surface area contributed by atoms with Gasteiger partial charge >= 0.3 is 0 Å². The number of anilines is 1. The number of amides is 2. The summed E-state index contributed by atoms with van der Waals surface area (Å²) in [4.78, 5) is 41.8. The topological polar surface area (TPSA) is 108 Å². The highest BCUT2D eigenvalue weighted by atomic mass is 32.1. The van der Waals surface area contributed by atoms with Crippen molar-refractivity contribution in [3.63, 3.8) is 0 Å². The summed E-state index contributed by atoms with van der Waals surface area (Å²) in [6.45, 7) is 5.59. The second-order valence-corrected chi connectivity index (χ2v) is 10.6. The van der Waals surface area contributed by atoms with Crippen LogP contribution in [0.15, 0.2) is 30.5 Å². The number of nitrogens with one attached hydrogen (secondary N) is 1. The largest absolute Gasteiger partial charge is 0.378 e. The Hall–Kier alpha value is -3.57. The minimum Gasteiger partial charge on any atom is -0.378 e. The van der Waals surface area contributed by atoms with Crippen LogP contribution in [0.5, 0.6) is 0 Å². The van der Waals surface area contributed by atoms with E-state index in [1.54, 1.807) is 18.0 Å². The van der Waals surface area contributed by atoms with Gasteiger partial charge in [0.25, 0.3) is 5.91 Å². The number of nitrogens with zero attached hydrogens (tertiary/aromatic N) is 6. The fraction of sp³-hybridized carbons (Fsp3) is 0.423. The molecule has 3 aromatic heterocycles. The van der Waals surface area contributed by atoms with Crippen LogP contribution >= 0.6 is 11.3 Å². The zero-order valence-corrected chi connectivity index (χ0v) is 21.8. The number of carbonyl (C=O) groups is 2. The highest BCUT2D eigenvalue weighted by Crippen LogP contribution is 2.36. The van der Waals surface area contributed by atoms with E-state index in [-0.39, 0.29) is 17.9 Å². The predicted molar refractivity (Wildman–Crippen MR) is 143 cm³/mol. The second-order valence-electron chi connectivity index (χ2n) is 9.59. The molecule has 2 aliphatic heterocycles. The summed E-state index contributed by atoms with van der Waals surface area (Å²) < 4.78 is 6.50. The molecule has 192 valence electrons. The second kappa shape index (κ2) is 9.71. The number of ether oxygens (including phenoxy) is 1. The molecule has 0 aliphatic carbocycles. The molecule has 2 fully saturated rings. The fourth-order valence-electron chi connectivity index (χ4n) is 5.16. The Morgan fingerprint density at radius 2 is 1.92 bits per heavy atom. The first-order valence-electron chi connectivity index (χ1n) is 12.6. The predicted octanol–water partition coefficient (Wildman–Crippen LogP) is 3.15. The molecule has 1 N–H and O–H groups in total. The lowest BCUT2D eigenvalue weighted by molar-refractivity contribution is -0.130. The van der Waals surface area contributed by atoms with E-state index in [0.717, 1.165) is 58.4 Å². The number of rotatable bonds is 4. The van der Waals surface area contributed by atoms with E-state index in [1.807, 2.05) is 36.2 Å². The molecule has 5 heterocycles. The molecule has 0 spiro atoms. The van der Waals surface area contributed by atoms with Gasteiger partial charge in [-0.05, 0) is 25.0 Å². The van der Waals surface area contributed by atoms with Crippen LogP contribution in [0.25, 0.3) is 32.5 Å². The van der Waals surface area contributed by atoms with Crippen molar-refractivity contribution in [2.45, 2.75) is 25.8 Å². The Morgan fingerprint density at radius 1 is 1.14 bits per heavy atom. The molecular formula is C26H29N7O3S. The average Bonchev–Trinajstić information content (AvgIpc) is 3.59. The van der Waals surface area contributed by atoms with Gasteiger partial charge in [0, 0.05) is 57.1 Å². The number of hydrogen-bond donors (Lipinski definition) is 1. The van der Waals surface area contributed by atoms with Crippen molar-refractivity contribution >= 4 is 50.1 Å². The third kappa shape index (κ3) is 4.42. The van der Waals surface area contributed by atoms with Crippen LogP contribution in [0.4, 0.5) is 5.82 Å². The number of thiophene rings is 1. The molecule has 37 heavy (non-hydrogen) atoms. The number of fused-ring (bicyclic) bond motifs is 2. The average molecular weight is 520 g/mol.